The highest BCUT2D eigenvalue weighted by molar-refractivity contribution is 7.99. The Labute approximate surface area is 132 Å². The van der Waals surface area contributed by atoms with E-state index in [1.54, 1.807) is 0 Å². The van der Waals surface area contributed by atoms with Gasteiger partial charge < -0.3 is 5.32 Å². The van der Waals surface area contributed by atoms with Crippen molar-refractivity contribution in [3.63, 3.8) is 0 Å². The number of hydrogen-bond acceptors (Lipinski definition) is 2. The van der Waals surface area contributed by atoms with Crippen molar-refractivity contribution < 1.29 is 0 Å². The molecule has 1 aliphatic rings. The fraction of sp³-hybridized carbons (Fsp3) is 0.368. The van der Waals surface area contributed by atoms with Crippen molar-refractivity contribution in [1.82, 2.24) is 5.32 Å². The Bertz CT molecular complexity index is 644. The summed E-state index contributed by atoms with van der Waals surface area (Å²) in [4.78, 5) is 2.68. The van der Waals surface area contributed by atoms with Gasteiger partial charge >= 0.3 is 0 Å². The van der Waals surface area contributed by atoms with Crippen LogP contribution in [0, 0.1) is 20.8 Å². The summed E-state index contributed by atoms with van der Waals surface area (Å²) in [5, 5.41) is 3.58. The van der Waals surface area contributed by atoms with Gasteiger partial charge in [-0.2, -0.15) is 0 Å². The molecule has 2 aromatic rings. The predicted octanol–water partition coefficient (Wildman–Crippen LogP) is 5.02. The molecule has 3 rings (SSSR count). The van der Waals surface area contributed by atoms with E-state index in [0.29, 0.717) is 0 Å². The number of benzene rings is 2. The Hall–Kier alpha value is -1.25. The third kappa shape index (κ3) is 3.90. The quantitative estimate of drug-likeness (QED) is 0.832. The van der Waals surface area contributed by atoms with Crippen molar-refractivity contribution in [3.8, 4) is 0 Å². The molecule has 21 heavy (non-hydrogen) atoms. The van der Waals surface area contributed by atoms with Gasteiger partial charge in [0.15, 0.2) is 0 Å². The molecule has 2 aromatic carbocycles. The largest absolute Gasteiger partial charge is 0.310 e. The molecular formula is C19H23NS. The molecule has 0 spiro atoms. The standard InChI is InChI=1S/C19H23NS/c1-13-4-8-18(11-14(13)2)21-19-9-5-16(10-15(19)3)12-20-17-6-7-17/h4-5,8-11,17,20H,6-7,12H2,1-3H3. The number of aryl methyl sites for hydroxylation is 3. The van der Waals surface area contributed by atoms with E-state index in [-0.39, 0.29) is 0 Å². The van der Waals surface area contributed by atoms with E-state index in [1.165, 1.54) is 44.9 Å². The monoisotopic (exact) mass is 297 g/mol. The lowest BCUT2D eigenvalue weighted by molar-refractivity contribution is 0.687. The molecule has 1 nitrogen and oxygen atoms in total. The van der Waals surface area contributed by atoms with Crippen LogP contribution in [0.4, 0.5) is 0 Å². The third-order valence-corrected chi connectivity index (χ3v) is 5.29. The number of nitrogens with one attached hydrogen (secondary N) is 1. The minimum Gasteiger partial charge on any atom is -0.310 e. The van der Waals surface area contributed by atoms with E-state index in [9.17, 15) is 0 Å². The maximum Gasteiger partial charge on any atom is 0.0208 e. The van der Waals surface area contributed by atoms with Gasteiger partial charge in [-0.05, 0) is 74.1 Å². The molecule has 0 amide bonds. The lowest BCUT2D eigenvalue weighted by Gasteiger charge is -2.10. The van der Waals surface area contributed by atoms with Gasteiger partial charge in [0.1, 0.15) is 0 Å². The third-order valence-electron chi connectivity index (χ3n) is 4.12. The molecule has 0 aliphatic heterocycles. The zero-order valence-electron chi connectivity index (χ0n) is 13.1. The number of hydrogen-bond donors (Lipinski definition) is 1. The smallest absolute Gasteiger partial charge is 0.0208 e. The zero-order valence-corrected chi connectivity index (χ0v) is 13.9. The molecule has 0 heterocycles. The highest BCUT2D eigenvalue weighted by Crippen LogP contribution is 2.32. The molecule has 2 heteroatoms. The Morgan fingerprint density at radius 3 is 2.43 bits per heavy atom. The molecule has 0 aromatic heterocycles. The summed E-state index contributed by atoms with van der Waals surface area (Å²) in [6.07, 6.45) is 2.69. The Kier molecular flexibility index (Phi) is 4.37. The summed E-state index contributed by atoms with van der Waals surface area (Å²) in [5.74, 6) is 0. The van der Waals surface area contributed by atoms with Crippen LogP contribution in [0.3, 0.4) is 0 Å². The first kappa shape index (κ1) is 14.7. The van der Waals surface area contributed by atoms with Crippen LogP contribution in [0.2, 0.25) is 0 Å². The Balaban J connectivity index is 1.70. The first-order valence-corrected chi connectivity index (χ1v) is 8.51. The molecule has 1 aliphatic carbocycles. The average molecular weight is 297 g/mol. The summed E-state index contributed by atoms with van der Waals surface area (Å²) in [6, 6.07) is 14.3. The second-order valence-electron chi connectivity index (χ2n) is 6.10. The van der Waals surface area contributed by atoms with Gasteiger partial charge in [-0.1, -0.05) is 30.0 Å². The predicted molar refractivity (Wildman–Crippen MR) is 91.1 cm³/mol. The Morgan fingerprint density at radius 1 is 0.952 bits per heavy atom. The summed E-state index contributed by atoms with van der Waals surface area (Å²) in [5.41, 5.74) is 5.48. The van der Waals surface area contributed by atoms with Crippen molar-refractivity contribution in [2.45, 2.75) is 56.0 Å². The Morgan fingerprint density at radius 2 is 1.76 bits per heavy atom. The molecule has 1 N–H and O–H groups in total. The molecule has 0 atom stereocenters. The van der Waals surface area contributed by atoms with Crippen LogP contribution in [0.1, 0.15) is 35.1 Å². The van der Waals surface area contributed by atoms with Crippen LogP contribution in [0.15, 0.2) is 46.2 Å². The van der Waals surface area contributed by atoms with Crippen LogP contribution < -0.4 is 5.32 Å². The van der Waals surface area contributed by atoms with E-state index < -0.39 is 0 Å². The summed E-state index contributed by atoms with van der Waals surface area (Å²) >= 11 is 1.86. The SMILES string of the molecule is Cc1ccc(Sc2ccc(CNC3CC3)cc2C)cc1C. The highest BCUT2D eigenvalue weighted by Gasteiger charge is 2.19. The minimum atomic E-state index is 0.773. The molecule has 0 saturated heterocycles. The van der Waals surface area contributed by atoms with Crippen molar-refractivity contribution >= 4 is 11.8 Å². The van der Waals surface area contributed by atoms with Gasteiger partial charge in [-0.25, -0.2) is 0 Å². The first-order chi connectivity index (χ1) is 10.1. The molecule has 1 saturated carbocycles. The summed E-state index contributed by atoms with van der Waals surface area (Å²) < 4.78 is 0. The molecular weight excluding hydrogens is 274 g/mol. The molecule has 110 valence electrons. The normalized spacial score (nSPS) is 14.4. The highest BCUT2D eigenvalue weighted by atomic mass is 32.2. The van der Waals surface area contributed by atoms with Crippen molar-refractivity contribution in [2.75, 3.05) is 0 Å². The number of rotatable bonds is 5. The van der Waals surface area contributed by atoms with Gasteiger partial charge in [0.2, 0.25) is 0 Å². The fourth-order valence-electron chi connectivity index (χ4n) is 2.39. The maximum absolute atomic E-state index is 3.58. The van der Waals surface area contributed by atoms with Crippen LogP contribution in [0.25, 0.3) is 0 Å². The average Bonchev–Trinajstić information content (AvgIpc) is 3.27. The van der Waals surface area contributed by atoms with Crippen LogP contribution >= 0.6 is 11.8 Å². The second kappa shape index (κ2) is 6.25. The van der Waals surface area contributed by atoms with E-state index in [1.807, 2.05) is 11.8 Å². The van der Waals surface area contributed by atoms with Crippen LogP contribution in [-0.4, -0.2) is 6.04 Å². The molecule has 0 radical (unpaired) electrons. The lowest BCUT2D eigenvalue weighted by Crippen LogP contribution is -2.15. The van der Waals surface area contributed by atoms with Gasteiger partial charge in [0.25, 0.3) is 0 Å². The fourth-order valence-corrected chi connectivity index (χ4v) is 3.37. The topological polar surface area (TPSA) is 12.0 Å². The minimum absolute atomic E-state index is 0.773. The summed E-state index contributed by atoms with van der Waals surface area (Å²) in [6.45, 7) is 7.56. The van der Waals surface area contributed by atoms with Gasteiger partial charge in [-0.15, -0.1) is 0 Å². The van der Waals surface area contributed by atoms with Crippen LogP contribution in [0.5, 0.6) is 0 Å². The first-order valence-electron chi connectivity index (χ1n) is 7.70. The van der Waals surface area contributed by atoms with Crippen molar-refractivity contribution in [3.05, 3.63) is 58.7 Å². The maximum atomic E-state index is 3.58. The van der Waals surface area contributed by atoms with E-state index in [4.69, 9.17) is 0 Å². The van der Waals surface area contributed by atoms with Gasteiger partial charge in [0, 0.05) is 22.4 Å². The van der Waals surface area contributed by atoms with E-state index >= 15 is 0 Å². The lowest BCUT2D eigenvalue weighted by atomic mass is 10.1. The summed E-state index contributed by atoms with van der Waals surface area (Å²) in [7, 11) is 0. The van der Waals surface area contributed by atoms with Crippen molar-refractivity contribution in [2.24, 2.45) is 0 Å². The van der Waals surface area contributed by atoms with Gasteiger partial charge in [-0.3, -0.25) is 0 Å². The van der Waals surface area contributed by atoms with Gasteiger partial charge in [0.05, 0.1) is 0 Å². The second-order valence-corrected chi connectivity index (χ2v) is 7.22. The van der Waals surface area contributed by atoms with E-state index in [2.05, 4.69) is 62.5 Å². The zero-order chi connectivity index (χ0) is 14.8. The van der Waals surface area contributed by atoms with Crippen molar-refractivity contribution in [1.29, 1.82) is 0 Å². The molecule has 0 unspecified atom stereocenters. The molecule has 0 bridgehead atoms. The molecule has 1 fully saturated rings. The van der Waals surface area contributed by atoms with Crippen LogP contribution in [-0.2, 0) is 6.54 Å². The van der Waals surface area contributed by atoms with E-state index in [0.717, 1.165) is 12.6 Å².